The largest absolute Gasteiger partial charge is 0.351 e. The van der Waals surface area contributed by atoms with Crippen molar-refractivity contribution in [3.63, 3.8) is 0 Å². The summed E-state index contributed by atoms with van der Waals surface area (Å²) in [5.41, 5.74) is 0.235. The van der Waals surface area contributed by atoms with Crippen LogP contribution in [0.2, 0.25) is 0 Å². The average Bonchev–Trinajstić information content (AvgIpc) is 3.26. The zero-order valence-electron chi connectivity index (χ0n) is 16.6. The van der Waals surface area contributed by atoms with Crippen LogP contribution in [0.4, 0.5) is 5.69 Å². The van der Waals surface area contributed by atoms with Gasteiger partial charge >= 0.3 is 0 Å². The first-order chi connectivity index (χ1) is 14.0. The number of carbonyl (C=O) groups is 2. The highest BCUT2D eigenvalue weighted by Crippen LogP contribution is 2.31. The summed E-state index contributed by atoms with van der Waals surface area (Å²) in [6, 6.07) is 5.65. The van der Waals surface area contributed by atoms with Gasteiger partial charge in [-0.2, -0.15) is 0 Å². The number of hydrogen-bond acceptors (Lipinski definition) is 5. The lowest BCUT2D eigenvalue weighted by atomic mass is 9.95. The Hall–Kier alpha value is -2.74. The quantitative estimate of drug-likeness (QED) is 0.430. The van der Waals surface area contributed by atoms with E-state index in [1.807, 2.05) is 0 Å². The van der Waals surface area contributed by atoms with E-state index in [9.17, 15) is 19.7 Å². The third-order valence-corrected chi connectivity index (χ3v) is 5.83. The first-order valence-corrected chi connectivity index (χ1v) is 10.2. The lowest BCUT2D eigenvalue weighted by Crippen LogP contribution is -2.58. The van der Waals surface area contributed by atoms with Gasteiger partial charge in [0.1, 0.15) is 0 Å². The molecule has 2 fully saturated rings. The molecule has 8 heteroatoms. The molecular weight excluding hydrogens is 372 g/mol. The fourth-order valence-electron chi connectivity index (χ4n) is 4.37. The number of nitrogens with zero attached hydrogens (tertiary/aromatic N) is 3. The maximum atomic E-state index is 12.8. The molecule has 0 unspecified atom stereocenters. The molecule has 0 radical (unpaired) electrons. The molecule has 1 atom stereocenters. The highest BCUT2D eigenvalue weighted by molar-refractivity contribution is 5.95. The fourth-order valence-corrected chi connectivity index (χ4v) is 4.37. The monoisotopic (exact) mass is 400 g/mol. The molecule has 1 aromatic carbocycles. The van der Waals surface area contributed by atoms with Gasteiger partial charge < -0.3 is 10.2 Å². The number of nitro groups is 1. The van der Waals surface area contributed by atoms with Crippen molar-refractivity contribution >= 4 is 17.5 Å². The van der Waals surface area contributed by atoms with E-state index < -0.39 is 4.92 Å². The molecule has 1 N–H and O–H groups in total. The molecule has 1 saturated heterocycles. The molecule has 156 valence electrons. The van der Waals surface area contributed by atoms with Gasteiger partial charge in [-0.1, -0.05) is 25.0 Å². The standard InChI is InChI=1S/C21H28N4O4/c1-2-10-22-20(26)19(16-6-3-4-7-16)23-11-13-24(14-12-23)21(27)17-8-5-9-18(15-17)25(28)29/h2,5,8-9,15-16,19H,1,3-4,6-7,10-14H2,(H,22,26)/t19-/m1/s1. The van der Waals surface area contributed by atoms with Gasteiger partial charge in [0.25, 0.3) is 11.6 Å². The zero-order chi connectivity index (χ0) is 20.8. The fraction of sp³-hybridized carbons (Fsp3) is 0.524. The summed E-state index contributed by atoms with van der Waals surface area (Å²) >= 11 is 0. The van der Waals surface area contributed by atoms with Crippen LogP contribution in [0.25, 0.3) is 0 Å². The van der Waals surface area contributed by atoms with Gasteiger partial charge in [0.15, 0.2) is 0 Å². The molecule has 1 saturated carbocycles. The number of carbonyl (C=O) groups excluding carboxylic acids is 2. The van der Waals surface area contributed by atoms with Gasteiger partial charge in [0.2, 0.25) is 5.91 Å². The summed E-state index contributed by atoms with van der Waals surface area (Å²) in [5.74, 6) is 0.177. The molecule has 1 aliphatic heterocycles. The number of benzene rings is 1. The Bertz CT molecular complexity index is 768. The van der Waals surface area contributed by atoms with Crippen molar-refractivity contribution in [1.82, 2.24) is 15.1 Å². The van der Waals surface area contributed by atoms with Crippen LogP contribution in [0.3, 0.4) is 0 Å². The summed E-state index contributed by atoms with van der Waals surface area (Å²) in [4.78, 5) is 39.9. The minimum atomic E-state index is -0.497. The third kappa shape index (κ3) is 5.00. The van der Waals surface area contributed by atoms with Gasteiger partial charge in [-0.05, 0) is 24.8 Å². The Kier molecular flexibility index (Phi) is 6.98. The number of amides is 2. The van der Waals surface area contributed by atoms with Gasteiger partial charge in [0.05, 0.1) is 11.0 Å². The van der Waals surface area contributed by atoms with Gasteiger partial charge in [-0.3, -0.25) is 24.6 Å². The lowest BCUT2D eigenvalue weighted by molar-refractivity contribution is -0.384. The van der Waals surface area contributed by atoms with E-state index in [2.05, 4.69) is 16.8 Å². The summed E-state index contributed by atoms with van der Waals surface area (Å²) in [6.45, 7) is 6.34. The van der Waals surface area contributed by atoms with E-state index >= 15 is 0 Å². The normalized spacial score (nSPS) is 19.0. The second-order valence-corrected chi connectivity index (χ2v) is 7.66. The topological polar surface area (TPSA) is 95.8 Å². The van der Waals surface area contributed by atoms with E-state index in [4.69, 9.17) is 0 Å². The predicted molar refractivity (Wildman–Crippen MR) is 110 cm³/mol. The Labute approximate surface area is 170 Å². The first-order valence-electron chi connectivity index (χ1n) is 10.2. The summed E-state index contributed by atoms with van der Waals surface area (Å²) < 4.78 is 0. The van der Waals surface area contributed by atoms with Crippen LogP contribution in [-0.4, -0.2) is 65.3 Å². The number of nitro benzene ring substituents is 1. The van der Waals surface area contributed by atoms with E-state index in [0.717, 1.165) is 25.7 Å². The summed E-state index contributed by atoms with van der Waals surface area (Å²) in [7, 11) is 0. The van der Waals surface area contributed by atoms with Crippen molar-refractivity contribution in [2.45, 2.75) is 31.7 Å². The Balaban J connectivity index is 1.65. The minimum absolute atomic E-state index is 0.0373. The van der Waals surface area contributed by atoms with Crippen molar-refractivity contribution in [3.05, 3.63) is 52.6 Å². The van der Waals surface area contributed by atoms with E-state index in [1.165, 1.54) is 18.2 Å². The van der Waals surface area contributed by atoms with Crippen LogP contribution in [-0.2, 0) is 4.79 Å². The molecular formula is C21H28N4O4. The van der Waals surface area contributed by atoms with Gasteiger partial charge in [-0.25, -0.2) is 0 Å². The van der Waals surface area contributed by atoms with Crippen molar-refractivity contribution in [1.29, 1.82) is 0 Å². The number of rotatable bonds is 7. The van der Waals surface area contributed by atoms with E-state index in [1.54, 1.807) is 17.0 Å². The molecule has 1 aliphatic carbocycles. The number of non-ortho nitro benzene ring substituents is 1. The average molecular weight is 400 g/mol. The highest BCUT2D eigenvalue weighted by atomic mass is 16.6. The number of nitrogens with one attached hydrogen (secondary N) is 1. The Morgan fingerprint density at radius 3 is 2.55 bits per heavy atom. The van der Waals surface area contributed by atoms with Crippen molar-refractivity contribution in [3.8, 4) is 0 Å². The molecule has 0 spiro atoms. The van der Waals surface area contributed by atoms with Crippen molar-refractivity contribution < 1.29 is 14.5 Å². The van der Waals surface area contributed by atoms with Crippen LogP contribution < -0.4 is 5.32 Å². The summed E-state index contributed by atoms with van der Waals surface area (Å²) in [6.07, 6.45) is 6.10. The second kappa shape index (κ2) is 9.65. The van der Waals surface area contributed by atoms with Crippen molar-refractivity contribution in [2.24, 2.45) is 5.92 Å². The predicted octanol–water partition coefficient (Wildman–Crippen LogP) is 2.21. The van der Waals surface area contributed by atoms with Crippen LogP contribution in [0.15, 0.2) is 36.9 Å². The zero-order valence-corrected chi connectivity index (χ0v) is 16.6. The molecule has 3 rings (SSSR count). The molecule has 29 heavy (non-hydrogen) atoms. The first kappa shape index (κ1) is 21.0. The molecule has 8 nitrogen and oxygen atoms in total. The van der Waals surface area contributed by atoms with Crippen molar-refractivity contribution in [2.75, 3.05) is 32.7 Å². The van der Waals surface area contributed by atoms with Crippen LogP contribution in [0.5, 0.6) is 0 Å². The highest BCUT2D eigenvalue weighted by Gasteiger charge is 2.37. The minimum Gasteiger partial charge on any atom is -0.351 e. The lowest BCUT2D eigenvalue weighted by Gasteiger charge is -2.40. The van der Waals surface area contributed by atoms with Crippen LogP contribution in [0, 0.1) is 16.0 Å². The maximum Gasteiger partial charge on any atom is 0.270 e. The Morgan fingerprint density at radius 2 is 1.93 bits per heavy atom. The van der Waals surface area contributed by atoms with E-state index in [0.29, 0.717) is 44.2 Å². The van der Waals surface area contributed by atoms with Crippen LogP contribution >= 0.6 is 0 Å². The number of hydrogen-bond donors (Lipinski definition) is 1. The Morgan fingerprint density at radius 1 is 1.24 bits per heavy atom. The van der Waals surface area contributed by atoms with Crippen LogP contribution in [0.1, 0.15) is 36.0 Å². The molecule has 0 bridgehead atoms. The van der Waals surface area contributed by atoms with E-state index in [-0.39, 0.29) is 23.5 Å². The second-order valence-electron chi connectivity index (χ2n) is 7.66. The molecule has 1 heterocycles. The summed E-state index contributed by atoms with van der Waals surface area (Å²) in [5, 5.41) is 13.9. The van der Waals surface area contributed by atoms with Gasteiger partial charge in [0, 0.05) is 50.4 Å². The molecule has 0 aromatic heterocycles. The molecule has 2 amide bonds. The molecule has 1 aromatic rings. The number of piperazine rings is 1. The maximum absolute atomic E-state index is 12.8. The SMILES string of the molecule is C=CCNC(=O)[C@@H](C1CCCC1)N1CCN(C(=O)c2cccc([N+](=O)[O-])c2)CC1. The molecule has 2 aliphatic rings. The van der Waals surface area contributed by atoms with Gasteiger partial charge in [-0.15, -0.1) is 6.58 Å². The third-order valence-electron chi connectivity index (χ3n) is 5.83. The smallest absolute Gasteiger partial charge is 0.270 e.